The summed E-state index contributed by atoms with van der Waals surface area (Å²) in [5, 5.41) is 9.68. The molecule has 0 spiro atoms. The third-order valence-electron chi connectivity index (χ3n) is 3.92. The zero-order valence-electron chi connectivity index (χ0n) is 13.8. The highest BCUT2D eigenvalue weighted by Crippen LogP contribution is 2.38. The number of benzene rings is 2. The van der Waals surface area contributed by atoms with Crippen LogP contribution in [0.5, 0.6) is 11.5 Å². The van der Waals surface area contributed by atoms with Gasteiger partial charge in [-0.05, 0) is 17.7 Å². The van der Waals surface area contributed by atoms with Crippen molar-refractivity contribution in [1.29, 1.82) is 0 Å². The number of hydrogen-bond donors (Lipinski definition) is 1. The van der Waals surface area contributed by atoms with Gasteiger partial charge in [0.05, 0.1) is 24.8 Å². The maximum absolute atomic E-state index is 12.9. The van der Waals surface area contributed by atoms with Crippen molar-refractivity contribution < 1.29 is 19.4 Å². The number of carbonyl (C=O) groups is 1. The number of halogens is 1. The van der Waals surface area contributed by atoms with Crippen LogP contribution in [0, 0.1) is 0 Å². The average Bonchev–Trinajstić information content (AvgIpc) is 2.87. The van der Waals surface area contributed by atoms with E-state index in [1.54, 1.807) is 17.0 Å². The first-order chi connectivity index (χ1) is 12.2. The van der Waals surface area contributed by atoms with Gasteiger partial charge in [0.15, 0.2) is 11.5 Å². The topological polar surface area (TPSA) is 59.0 Å². The summed E-state index contributed by atoms with van der Waals surface area (Å²) in [6.07, 6.45) is 0.763. The number of aliphatic hydroxyl groups is 1. The maximum Gasteiger partial charge on any atom is 0.254 e. The van der Waals surface area contributed by atoms with Gasteiger partial charge in [-0.2, -0.15) is 0 Å². The van der Waals surface area contributed by atoms with Crippen molar-refractivity contribution in [2.45, 2.75) is 13.0 Å². The van der Waals surface area contributed by atoms with Crippen molar-refractivity contribution in [3.8, 4) is 11.5 Å². The van der Waals surface area contributed by atoms with E-state index in [9.17, 15) is 9.90 Å². The molecule has 132 valence electrons. The van der Waals surface area contributed by atoms with E-state index in [1.807, 2.05) is 30.3 Å². The maximum atomic E-state index is 12.9. The first-order valence-corrected chi connectivity index (χ1v) is 8.60. The van der Waals surface area contributed by atoms with Crippen molar-refractivity contribution in [2.75, 3.05) is 26.4 Å². The van der Waals surface area contributed by atoms with Crippen molar-refractivity contribution in [3.63, 3.8) is 0 Å². The third-order valence-corrected chi connectivity index (χ3v) is 4.20. The molecule has 0 atom stereocenters. The first kappa shape index (κ1) is 17.6. The Balaban J connectivity index is 1.86. The highest BCUT2D eigenvalue weighted by molar-refractivity contribution is 6.32. The zero-order valence-corrected chi connectivity index (χ0v) is 14.5. The van der Waals surface area contributed by atoms with Crippen molar-refractivity contribution in [2.24, 2.45) is 0 Å². The fraction of sp³-hybridized carbons (Fsp3) is 0.316. The molecule has 2 aromatic rings. The van der Waals surface area contributed by atoms with Gasteiger partial charge < -0.3 is 19.5 Å². The van der Waals surface area contributed by atoms with E-state index in [-0.39, 0.29) is 19.1 Å². The van der Waals surface area contributed by atoms with Crippen LogP contribution in [0.4, 0.5) is 0 Å². The summed E-state index contributed by atoms with van der Waals surface area (Å²) < 4.78 is 11.2. The van der Waals surface area contributed by atoms with Gasteiger partial charge in [0.2, 0.25) is 0 Å². The Morgan fingerprint density at radius 1 is 1.16 bits per heavy atom. The molecule has 0 fully saturated rings. The second kappa shape index (κ2) is 8.23. The highest BCUT2D eigenvalue weighted by Gasteiger charge is 2.22. The second-order valence-corrected chi connectivity index (χ2v) is 6.18. The lowest BCUT2D eigenvalue weighted by Crippen LogP contribution is -2.33. The van der Waals surface area contributed by atoms with Crippen LogP contribution in [0.15, 0.2) is 42.5 Å². The number of ether oxygens (including phenoxy) is 2. The van der Waals surface area contributed by atoms with Crippen LogP contribution in [0.25, 0.3) is 0 Å². The molecule has 0 saturated carbocycles. The molecule has 3 rings (SSSR count). The Bertz CT molecular complexity index is 736. The molecule has 0 saturated heterocycles. The summed E-state index contributed by atoms with van der Waals surface area (Å²) in [6, 6.07) is 12.9. The molecule has 0 unspecified atom stereocenters. The van der Waals surface area contributed by atoms with E-state index in [2.05, 4.69) is 0 Å². The molecule has 1 aliphatic heterocycles. The molecule has 1 N–H and O–H groups in total. The minimum atomic E-state index is -0.213. The predicted octanol–water partition coefficient (Wildman–Crippen LogP) is 3.14. The van der Waals surface area contributed by atoms with Crippen molar-refractivity contribution in [3.05, 3.63) is 58.6 Å². The van der Waals surface area contributed by atoms with E-state index < -0.39 is 0 Å². The molecule has 0 aromatic heterocycles. The van der Waals surface area contributed by atoms with Gasteiger partial charge in [0.25, 0.3) is 5.91 Å². The van der Waals surface area contributed by atoms with E-state index in [0.717, 1.165) is 12.0 Å². The largest absolute Gasteiger partial charge is 0.489 e. The number of carbonyl (C=O) groups excluding carboxylic acids is 1. The Morgan fingerprint density at radius 3 is 2.68 bits per heavy atom. The monoisotopic (exact) mass is 361 g/mol. The summed E-state index contributed by atoms with van der Waals surface area (Å²) in [5.41, 5.74) is 1.41. The van der Waals surface area contributed by atoms with Crippen LogP contribution in [-0.2, 0) is 6.54 Å². The number of rotatable bonds is 5. The fourth-order valence-electron chi connectivity index (χ4n) is 2.71. The van der Waals surface area contributed by atoms with E-state index >= 15 is 0 Å². The lowest BCUT2D eigenvalue weighted by Gasteiger charge is -2.22. The number of nitrogens with zero attached hydrogens (tertiary/aromatic N) is 1. The van der Waals surface area contributed by atoms with Crippen LogP contribution < -0.4 is 9.47 Å². The Hall–Kier alpha value is -2.24. The first-order valence-electron chi connectivity index (χ1n) is 8.22. The van der Waals surface area contributed by atoms with Gasteiger partial charge in [-0.1, -0.05) is 41.9 Å². The van der Waals surface area contributed by atoms with Crippen LogP contribution in [0.2, 0.25) is 5.02 Å². The molecule has 0 bridgehead atoms. The predicted molar refractivity (Wildman–Crippen MR) is 95.3 cm³/mol. The third kappa shape index (κ3) is 4.24. The van der Waals surface area contributed by atoms with Crippen LogP contribution in [-0.4, -0.2) is 42.3 Å². The van der Waals surface area contributed by atoms with E-state index in [4.69, 9.17) is 21.1 Å². The molecule has 1 aliphatic rings. The van der Waals surface area contributed by atoms with Crippen LogP contribution in [0.1, 0.15) is 22.3 Å². The van der Waals surface area contributed by atoms with Gasteiger partial charge >= 0.3 is 0 Å². The van der Waals surface area contributed by atoms with Gasteiger partial charge in [-0.25, -0.2) is 0 Å². The summed E-state index contributed by atoms with van der Waals surface area (Å²) in [4.78, 5) is 14.5. The van der Waals surface area contributed by atoms with Gasteiger partial charge in [0.1, 0.15) is 0 Å². The second-order valence-electron chi connectivity index (χ2n) is 5.77. The molecule has 1 amide bonds. The summed E-state index contributed by atoms with van der Waals surface area (Å²) in [7, 11) is 0. The summed E-state index contributed by atoms with van der Waals surface area (Å²) in [6.45, 7) is 1.58. The molecule has 2 aromatic carbocycles. The molecular formula is C19H20ClNO4. The fourth-order valence-corrected chi connectivity index (χ4v) is 2.98. The molecule has 0 aliphatic carbocycles. The molecule has 5 nitrogen and oxygen atoms in total. The van der Waals surface area contributed by atoms with Crippen LogP contribution >= 0.6 is 11.6 Å². The summed E-state index contributed by atoms with van der Waals surface area (Å²) in [5.74, 6) is 0.750. The Kier molecular flexibility index (Phi) is 5.79. The average molecular weight is 362 g/mol. The lowest BCUT2D eigenvalue weighted by atomic mass is 10.1. The Morgan fingerprint density at radius 2 is 1.92 bits per heavy atom. The molecule has 25 heavy (non-hydrogen) atoms. The minimum Gasteiger partial charge on any atom is -0.489 e. The Labute approximate surface area is 151 Å². The van der Waals surface area contributed by atoms with E-state index in [0.29, 0.717) is 41.8 Å². The molecule has 6 heteroatoms. The SMILES string of the molecule is O=C(c1cc(Cl)c2c(c1)OCCCO2)N(CCO)Cc1ccccc1. The zero-order chi connectivity index (χ0) is 17.6. The van der Waals surface area contributed by atoms with E-state index in [1.165, 1.54) is 0 Å². The molecule has 0 radical (unpaired) electrons. The highest BCUT2D eigenvalue weighted by atomic mass is 35.5. The lowest BCUT2D eigenvalue weighted by molar-refractivity contribution is 0.0707. The number of fused-ring (bicyclic) bond motifs is 1. The summed E-state index contributed by atoms with van der Waals surface area (Å²) >= 11 is 6.28. The minimum absolute atomic E-state index is 0.114. The number of amides is 1. The smallest absolute Gasteiger partial charge is 0.254 e. The quantitative estimate of drug-likeness (QED) is 0.888. The molecular weight excluding hydrogens is 342 g/mol. The number of aliphatic hydroxyl groups excluding tert-OH is 1. The van der Waals surface area contributed by atoms with Crippen molar-refractivity contribution in [1.82, 2.24) is 4.90 Å². The normalized spacial score (nSPS) is 13.2. The standard InChI is InChI=1S/C19H20ClNO4/c20-16-11-15(12-17-18(16)25-10-4-9-24-17)19(23)21(7-8-22)13-14-5-2-1-3-6-14/h1-3,5-6,11-12,22H,4,7-10,13H2. The molecule has 1 heterocycles. The number of hydrogen-bond acceptors (Lipinski definition) is 4. The van der Waals surface area contributed by atoms with Gasteiger partial charge in [0, 0.05) is 25.1 Å². The van der Waals surface area contributed by atoms with Gasteiger partial charge in [-0.3, -0.25) is 4.79 Å². The van der Waals surface area contributed by atoms with Gasteiger partial charge in [-0.15, -0.1) is 0 Å². The van der Waals surface area contributed by atoms with Crippen molar-refractivity contribution >= 4 is 17.5 Å². The van der Waals surface area contributed by atoms with Crippen LogP contribution in [0.3, 0.4) is 0 Å².